The van der Waals surface area contributed by atoms with E-state index in [2.05, 4.69) is 15.6 Å². The molecule has 0 saturated carbocycles. The van der Waals surface area contributed by atoms with E-state index in [1.165, 1.54) is 5.56 Å². The number of nitrogens with zero attached hydrogens (tertiary/aromatic N) is 1. The molecule has 0 aliphatic heterocycles. The molecule has 15 heavy (non-hydrogen) atoms. The molecule has 1 aromatic heterocycles. The zero-order valence-electron chi connectivity index (χ0n) is 8.95. The van der Waals surface area contributed by atoms with Gasteiger partial charge in [0.15, 0.2) is 0 Å². The van der Waals surface area contributed by atoms with Crippen molar-refractivity contribution in [2.75, 3.05) is 26.2 Å². The van der Waals surface area contributed by atoms with E-state index in [1.807, 2.05) is 12.1 Å². The van der Waals surface area contributed by atoms with Crippen molar-refractivity contribution < 1.29 is 5.11 Å². The van der Waals surface area contributed by atoms with Crippen molar-refractivity contribution in [3.05, 3.63) is 30.1 Å². The molecule has 4 nitrogen and oxygen atoms in total. The zero-order chi connectivity index (χ0) is 10.8. The van der Waals surface area contributed by atoms with Crippen molar-refractivity contribution in [3.8, 4) is 0 Å². The van der Waals surface area contributed by atoms with Gasteiger partial charge in [-0.3, -0.25) is 4.98 Å². The number of aromatic nitrogens is 1. The lowest BCUT2D eigenvalue weighted by Crippen LogP contribution is -2.23. The van der Waals surface area contributed by atoms with E-state index in [0.29, 0.717) is 6.54 Å². The number of aliphatic hydroxyl groups excluding tert-OH is 1. The van der Waals surface area contributed by atoms with Gasteiger partial charge in [-0.15, -0.1) is 0 Å². The number of hydrogen-bond acceptors (Lipinski definition) is 4. The van der Waals surface area contributed by atoms with Crippen LogP contribution in [0, 0.1) is 0 Å². The third-order valence-electron chi connectivity index (χ3n) is 2.07. The van der Waals surface area contributed by atoms with E-state index in [0.717, 1.165) is 26.1 Å². The Balaban J connectivity index is 1.93. The van der Waals surface area contributed by atoms with Crippen LogP contribution in [0.4, 0.5) is 0 Å². The maximum Gasteiger partial charge on any atom is 0.0555 e. The van der Waals surface area contributed by atoms with Gasteiger partial charge in [0.2, 0.25) is 0 Å². The average Bonchev–Trinajstić information content (AvgIpc) is 2.29. The normalized spacial score (nSPS) is 10.5. The summed E-state index contributed by atoms with van der Waals surface area (Å²) in [5.41, 5.74) is 1.26. The van der Waals surface area contributed by atoms with Crippen LogP contribution in [0.2, 0.25) is 0 Å². The average molecular weight is 209 g/mol. The summed E-state index contributed by atoms with van der Waals surface area (Å²) in [6.07, 6.45) is 4.69. The summed E-state index contributed by atoms with van der Waals surface area (Å²) in [6.45, 7) is 3.72. The maximum atomic E-state index is 8.53. The third kappa shape index (κ3) is 6.17. The van der Waals surface area contributed by atoms with Crippen LogP contribution in [-0.2, 0) is 6.54 Å². The molecular formula is C11H19N3O. The van der Waals surface area contributed by atoms with Crippen molar-refractivity contribution in [2.45, 2.75) is 13.0 Å². The van der Waals surface area contributed by atoms with Crippen molar-refractivity contribution in [1.29, 1.82) is 0 Å². The molecule has 0 aromatic carbocycles. The van der Waals surface area contributed by atoms with Gasteiger partial charge in [-0.2, -0.15) is 0 Å². The first-order chi connectivity index (χ1) is 7.43. The van der Waals surface area contributed by atoms with Gasteiger partial charge >= 0.3 is 0 Å². The van der Waals surface area contributed by atoms with Crippen LogP contribution in [0.3, 0.4) is 0 Å². The Hall–Kier alpha value is -0.970. The molecule has 0 radical (unpaired) electrons. The molecule has 0 amide bonds. The molecule has 1 heterocycles. The Morgan fingerprint density at radius 3 is 2.53 bits per heavy atom. The molecule has 3 N–H and O–H groups in total. The first-order valence-electron chi connectivity index (χ1n) is 5.34. The van der Waals surface area contributed by atoms with Crippen LogP contribution in [0.25, 0.3) is 0 Å². The molecule has 4 heteroatoms. The minimum atomic E-state index is 0.213. The molecule has 0 aliphatic carbocycles. The van der Waals surface area contributed by atoms with E-state index >= 15 is 0 Å². The number of nitrogens with one attached hydrogen (secondary N) is 2. The van der Waals surface area contributed by atoms with Gasteiger partial charge in [0.05, 0.1) is 6.61 Å². The van der Waals surface area contributed by atoms with Gasteiger partial charge in [0.25, 0.3) is 0 Å². The molecule has 0 fully saturated rings. The van der Waals surface area contributed by atoms with Crippen LogP contribution in [0.5, 0.6) is 0 Å². The predicted octanol–water partition coefficient (Wildman–Crippen LogP) is 0.143. The molecule has 0 aliphatic rings. The fraction of sp³-hybridized carbons (Fsp3) is 0.545. The van der Waals surface area contributed by atoms with Crippen LogP contribution in [-0.4, -0.2) is 36.3 Å². The summed E-state index contributed by atoms with van der Waals surface area (Å²) < 4.78 is 0. The second-order valence-electron chi connectivity index (χ2n) is 3.36. The molecular weight excluding hydrogens is 190 g/mol. The van der Waals surface area contributed by atoms with Crippen molar-refractivity contribution in [2.24, 2.45) is 0 Å². The molecule has 84 valence electrons. The van der Waals surface area contributed by atoms with Crippen molar-refractivity contribution in [1.82, 2.24) is 15.6 Å². The number of aliphatic hydroxyl groups is 1. The molecule has 0 bridgehead atoms. The largest absolute Gasteiger partial charge is 0.395 e. The Labute approximate surface area is 90.7 Å². The van der Waals surface area contributed by atoms with E-state index in [1.54, 1.807) is 12.4 Å². The zero-order valence-corrected chi connectivity index (χ0v) is 8.95. The number of hydrogen-bond donors (Lipinski definition) is 3. The summed E-state index contributed by atoms with van der Waals surface area (Å²) >= 11 is 0. The number of pyridine rings is 1. The molecule has 0 saturated heterocycles. The standard InChI is InChI=1S/C11H19N3O/c15-9-8-12-4-1-5-14-10-11-2-6-13-7-3-11/h2-3,6-7,12,14-15H,1,4-5,8-10H2. The highest BCUT2D eigenvalue weighted by atomic mass is 16.3. The van der Waals surface area contributed by atoms with E-state index in [9.17, 15) is 0 Å². The lowest BCUT2D eigenvalue weighted by molar-refractivity contribution is 0.292. The summed E-state index contributed by atoms with van der Waals surface area (Å²) in [6, 6.07) is 4.02. The van der Waals surface area contributed by atoms with E-state index in [4.69, 9.17) is 5.11 Å². The van der Waals surface area contributed by atoms with Gasteiger partial charge in [0.1, 0.15) is 0 Å². The second kappa shape index (κ2) is 8.35. The van der Waals surface area contributed by atoms with Gasteiger partial charge in [0, 0.05) is 25.5 Å². The molecule has 0 atom stereocenters. The Morgan fingerprint density at radius 1 is 1.07 bits per heavy atom. The minimum Gasteiger partial charge on any atom is -0.395 e. The van der Waals surface area contributed by atoms with Gasteiger partial charge < -0.3 is 15.7 Å². The summed E-state index contributed by atoms with van der Waals surface area (Å²) in [5.74, 6) is 0. The lowest BCUT2D eigenvalue weighted by Gasteiger charge is -2.05. The molecule has 0 spiro atoms. The van der Waals surface area contributed by atoms with Gasteiger partial charge in [-0.25, -0.2) is 0 Å². The van der Waals surface area contributed by atoms with E-state index in [-0.39, 0.29) is 6.61 Å². The fourth-order valence-electron chi connectivity index (χ4n) is 1.28. The Bertz CT molecular complexity index is 241. The Kier molecular flexibility index (Phi) is 6.73. The summed E-state index contributed by atoms with van der Waals surface area (Å²) in [5, 5.41) is 15.0. The second-order valence-corrected chi connectivity index (χ2v) is 3.36. The van der Waals surface area contributed by atoms with Crippen LogP contribution in [0.15, 0.2) is 24.5 Å². The highest BCUT2D eigenvalue weighted by Crippen LogP contribution is 1.94. The van der Waals surface area contributed by atoms with Crippen molar-refractivity contribution in [3.63, 3.8) is 0 Å². The fourth-order valence-corrected chi connectivity index (χ4v) is 1.28. The highest BCUT2D eigenvalue weighted by molar-refractivity contribution is 5.08. The molecule has 1 rings (SSSR count). The molecule has 0 unspecified atom stereocenters. The predicted molar refractivity (Wildman–Crippen MR) is 60.5 cm³/mol. The topological polar surface area (TPSA) is 57.2 Å². The van der Waals surface area contributed by atoms with Crippen LogP contribution >= 0.6 is 0 Å². The van der Waals surface area contributed by atoms with Crippen LogP contribution < -0.4 is 10.6 Å². The van der Waals surface area contributed by atoms with Gasteiger partial charge in [-0.1, -0.05) is 0 Å². The van der Waals surface area contributed by atoms with Crippen LogP contribution in [0.1, 0.15) is 12.0 Å². The monoisotopic (exact) mass is 209 g/mol. The highest BCUT2D eigenvalue weighted by Gasteiger charge is 1.91. The third-order valence-corrected chi connectivity index (χ3v) is 2.07. The molecule has 1 aromatic rings. The Morgan fingerprint density at radius 2 is 1.80 bits per heavy atom. The van der Waals surface area contributed by atoms with Crippen molar-refractivity contribution >= 4 is 0 Å². The SMILES string of the molecule is OCCNCCCNCc1ccncc1. The first-order valence-corrected chi connectivity index (χ1v) is 5.34. The van der Waals surface area contributed by atoms with Gasteiger partial charge in [-0.05, 0) is 37.2 Å². The summed E-state index contributed by atoms with van der Waals surface area (Å²) in [4.78, 5) is 3.96. The lowest BCUT2D eigenvalue weighted by atomic mass is 10.2. The minimum absolute atomic E-state index is 0.213. The van der Waals surface area contributed by atoms with E-state index < -0.39 is 0 Å². The maximum absolute atomic E-state index is 8.53. The quantitative estimate of drug-likeness (QED) is 0.533. The smallest absolute Gasteiger partial charge is 0.0555 e. The summed E-state index contributed by atoms with van der Waals surface area (Å²) in [7, 11) is 0. The number of rotatable bonds is 8. The first kappa shape index (κ1) is 12.1.